The zero-order valence-electron chi connectivity index (χ0n) is 8.94. The van der Waals surface area contributed by atoms with Crippen molar-refractivity contribution in [2.75, 3.05) is 0 Å². The monoisotopic (exact) mass is 228 g/mol. The van der Waals surface area contributed by atoms with Gasteiger partial charge in [0.05, 0.1) is 0 Å². The number of aliphatic hydroxyl groups excluding tert-OH is 1. The Balaban J connectivity index is 2.34. The zero-order valence-corrected chi connectivity index (χ0v) is 8.94. The van der Waals surface area contributed by atoms with Crippen molar-refractivity contribution in [3.63, 3.8) is 0 Å². The predicted molar refractivity (Wildman–Crippen MR) is 57.6 cm³/mol. The first-order valence-electron chi connectivity index (χ1n) is 4.77. The van der Waals surface area contributed by atoms with Crippen LogP contribution in [0.15, 0.2) is 30.0 Å². The van der Waals surface area contributed by atoms with Crippen LogP contribution >= 0.6 is 0 Å². The molecule has 1 aliphatic rings. The zero-order chi connectivity index (χ0) is 12.3. The van der Waals surface area contributed by atoms with Gasteiger partial charge in [-0.1, -0.05) is 40.7 Å². The normalized spacial score (nSPS) is 17.6. The quantitative estimate of drug-likeness (QED) is 0.595. The maximum Gasteiger partial charge on any atom is 0.447 e. The van der Waals surface area contributed by atoms with Crippen LogP contribution < -0.4 is 21.9 Å². The SMILES string of the molecule is Cc1ccc(/C(O)=C(/[N+]#N)[C]2[N][N][N][N]2)cc1. The standard InChI is InChI=1S/C10H7N6O/c1-6-2-4-7(5-3-6)9(17)8(12-11)10-13-15-16-14-10/h2-5H,1H3/p+1/b9-8-. The Morgan fingerprint density at radius 2 is 1.76 bits per heavy atom. The van der Waals surface area contributed by atoms with E-state index in [4.69, 9.17) is 5.39 Å². The van der Waals surface area contributed by atoms with Crippen LogP contribution in [-0.4, -0.2) is 5.11 Å². The molecule has 1 N–H and O–H groups in total. The number of nitrogens with zero attached hydrogens (tertiary/aromatic N) is 6. The summed E-state index contributed by atoms with van der Waals surface area (Å²) in [6.45, 7) is 1.93. The highest BCUT2D eigenvalue weighted by atomic mass is 16.3. The molecular formula is C10H8N6O+. The maximum atomic E-state index is 9.93. The summed E-state index contributed by atoms with van der Waals surface area (Å²) in [6, 6.07) is 7.03. The fourth-order valence-electron chi connectivity index (χ4n) is 1.29. The Morgan fingerprint density at radius 3 is 2.29 bits per heavy atom. The smallest absolute Gasteiger partial charge is 0.447 e. The first-order chi connectivity index (χ1) is 8.22. The topological polar surface area (TPSA) is 105 Å². The summed E-state index contributed by atoms with van der Waals surface area (Å²) in [4.78, 5) is 2.95. The third kappa shape index (κ3) is 2.41. The molecule has 7 nitrogen and oxygen atoms in total. The summed E-state index contributed by atoms with van der Waals surface area (Å²) in [7, 11) is 0. The number of rotatable bonds is 2. The average Bonchev–Trinajstić information content (AvgIpc) is 2.84. The minimum absolute atomic E-state index is 0.0365. The van der Waals surface area contributed by atoms with Crippen LogP contribution in [0, 0.1) is 18.5 Å². The van der Waals surface area contributed by atoms with Crippen LogP contribution in [0.25, 0.3) is 10.7 Å². The minimum Gasteiger partial charge on any atom is -0.501 e. The van der Waals surface area contributed by atoms with E-state index >= 15 is 0 Å². The van der Waals surface area contributed by atoms with Crippen molar-refractivity contribution in [1.82, 2.24) is 21.9 Å². The lowest BCUT2D eigenvalue weighted by molar-refractivity contribution is 0.503. The lowest BCUT2D eigenvalue weighted by Gasteiger charge is -1.99. The molecule has 0 unspecified atom stereocenters. The summed E-state index contributed by atoms with van der Waals surface area (Å²) >= 11 is 0. The second-order valence-corrected chi connectivity index (χ2v) is 3.37. The van der Waals surface area contributed by atoms with E-state index in [1.807, 2.05) is 19.1 Å². The lowest BCUT2D eigenvalue weighted by Crippen LogP contribution is -2.15. The van der Waals surface area contributed by atoms with Crippen molar-refractivity contribution < 1.29 is 5.11 Å². The summed E-state index contributed by atoms with van der Waals surface area (Å²) in [5, 5.41) is 18.8. The molecule has 1 fully saturated rings. The molecule has 2 rings (SSSR count). The molecule has 0 amide bonds. The van der Waals surface area contributed by atoms with Gasteiger partial charge in [-0.2, -0.15) is 0 Å². The van der Waals surface area contributed by atoms with E-state index in [0.717, 1.165) is 5.56 Å². The summed E-state index contributed by atoms with van der Waals surface area (Å²) in [5.41, 5.74) is 14.9. The molecule has 1 saturated heterocycles. The Labute approximate surface area is 98.1 Å². The number of hydrogen-bond acceptors (Lipinski definition) is 2. The van der Waals surface area contributed by atoms with Crippen LogP contribution in [0.2, 0.25) is 0 Å². The van der Waals surface area contributed by atoms with Crippen molar-refractivity contribution >= 4 is 5.76 Å². The molecule has 1 heterocycles. The van der Waals surface area contributed by atoms with Gasteiger partial charge in [-0.3, -0.25) is 0 Å². The van der Waals surface area contributed by atoms with Crippen LogP contribution in [0.4, 0.5) is 0 Å². The summed E-state index contributed by atoms with van der Waals surface area (Å²) in [5.74, 6) is -0.234. The van der Waals surface area contributed by atoms with E-state index in [9.17, 15) is 5.11 Å². The van der Waals surface area contributed by atoms with Gasteiger partial charge in [0.15, 0.2) is 4.98 Å². The van der Waals surface area contributed by atoms with Gasteiger partial charge < -0.3 is 5.11 Å². The van der Waals surface area contributed by atoms with Crippen molar-refractivity contribution in [1.29, 1.82) is 5.39 Å². The van der Waals surface area contributed by atoms with Crippen molar-refractivity contribution in [2.45, 2.75) is 6.92 Å². The van der Waals surface area contributed by atoms with Gasteiger partial charge in [-0.25, -0.2) is 0 Å². The first kappa shape index (κ1) is 11.5. The van der Waals surface area contributed by atoms with E-state index in [0.29, 0.717) is 5.56 Å². The molecule has 0 saturated carbocycles. The van der Waals surface area contributed by atoms with Gasteiger partial charge in [0.25, 0.3) is 6.17 Å². The number of aliphatic hydroxyl groups is 1. The fraction of sp³-hybridized carbons (Fsp3) is 0.100. The molecule has 17 heavy (non-hydrogen) atoms. The lowest BCUT2D eigenvalue weighted by atomic mass is 10.1. The van der Waals surface area contributed by atoms with Crippen molar-refractivity contribution in [3.05, 3.63) is 52.2 Å². The molecule has 5 radical (unpaired) electrons. The molecule has 1 aromatic carbocycles. The van der Waals surface area contributed by atoms with Crippen LogP contribution in [0.1, 0.15) is 11.1 Å². The van der Waals surface area contributed by atoms with Crippen molar-refractivity contribution in [3.8, 4) is 0 Å². The van der Waals surface area contributed by atoms with E-state index in [2.05, 4.69) is 26.9 Å². The van der Waals surface area contributed by atoms with E-state index < -0.39 is 0 Å². The molecular weight excluding hydrogens is 220 g/mol. The number of diazo groups is 1. The maximum absolute atomic E-state index is 9.93. The van der Waals surface area contributed by atoms with E-state index in [-0.39, 0.29) is 17.6 Å². The molecule has 83 valence electrons. The Hall–Kier alpha value is -1.98. The second-order valence-electron chi connectivity index (χ2n) is 3.37. The fourth-order valence-corrected chi connectivity index (χ4v) is 1.29. The second kappa shape index (κ2) is 4.90. The third-order valence-corrected chi connectivity index (χ3v) is 2.18. The molecule has 1 aromatic rings. The van der Waals surface area contributed by atoms with Crippen molar-refractivity contribution in [2.24, 2.45) is 0 Å². The number of benzene rings is 1. The summed E-state index contributed by atoms with van der Waals surface area (Å²) in [6.07, 6.45) is -0.0365. The Bertz CT molecular complexity index is 469. The Kier molecular flexibility index (Phi) is 3.32. The minimum atomic E-state index is -0.234. The van der Waals surface area contributed by atoms with Crippen LogP contribution in [-0.2, 0) is 0 Å². The van der Waals surface area contributed by atoms with Gasteiger partial charge in [0, 0.05) is 5.56 Å². The van der Waals surface area contributed by atoms with E-state index in [1.54, 1.807) is 12.1 Å². The molecule has 0 aromatic heterocycles. The van der Waals surface area contributed by atoms with Gasteiger partial charge in [-0.05, 0) is 18.0 Å². The van der Waals surface area contributed by atoms with Gasteiger partial charge in [-0.15, -0.1) is 0 Å². The molecule has 0 bridgehead atoms. The third-order valence-electron chi connectivity index (χ3n) is 2.18. The van der Waals surface area contributed by atoms with Crippen LogP contribution in [0.5, 0.6) is 0 Å². The first-order valence-corrected chi connectivity index (χ1v) is 4.77. The highest BCUT2D eigenvalue weighted by Gasteiger charge is 2.39. The average molecular weight is 228 g/mol. The van der Waals surface area contributed by atoms with Gasteiger partial charge in [0.1, 0.15) is 0 Å². The molecule has 7 heteroatoms. The summed E-state index contributed by atoms with van der Waals surface area (Å²) < 4.78 is 0. The number of aryl methyl sites for hydroxylation is 1. The highest BCUT2D eigenvalue weighted by Crippen LogP contribution is 2.23. The molecule has 0 spiro atoms. The predicted octanol–water partition coefficient (Wildman–Crippen LogP) is 0.740. The largest absolute Gasteiger partial charge is 0.501 e. The van der Waals surface area contributed by atoms with Gasteiger partial charge >= 0.3 is 5.70 Å². The van der Waals surface area contributed by atoms with E-state index in [1.165, 1.54) is 0 Å². The van der Waals surface area contributed by atoms with Crippen LogP contribution in [0.3, 0.4) is 0 Å². The molecule has 0 aliphatic carbocycles. The molecule has 0 atom stereocenters. The number of hydrogen-bond donors (Lipinski definition) is 1. The molecule has 1 aliphatic heterocycles. The van der Waals surface area contributed by atoms with Gasteiger partial charge in [0.2, 0.25) is 11.2 Å². The highest BCUT2D eigenvalue weighted by molar-refractivity contribution is 5.66. The Morgan fingerprint density at radius 1 is 1.18 bits per heavy atom.